The second-order valence-corrected chi connectivity index (χ2v) is 8.39. The summed E-state index contributed by atoms with van der Waals surface area (Å²) in [5.74, 6) is 1.55. The molecule has 2 unspecified atom stereocenters. The molecule has 2 fully saturated rings. The van der Waals surface area contributed by atoms with Gasteiger partial charge in [-0.05, 0) is 30.6 Å². The summed E-state index contributed by atoms with van der Waals surface area (Å²) in [6.45, 7) is 11.3. The third-order valence-corrected chi connectivity index (χ3v) is 7.26. The van der Waals surface area contributed by atoms with Gasteiger partial charge < -0.3 is 10.2 Å². The first kappa shape index (κ1) is 20.1. The van der Waals surface area contributed by atoms with Crippen LogP contribution in [0.4, 0.5) is 5.82 Å². The van der Waals surface area contributed by atoms with Gasteiger partial charge in [0.1, 0.15) is 11.5 Å². The van der Waals surface area contributed by atoms with Crippen LogP contribution < -0.4 is 10.2 Å². The molecule has 0 bridgehead atoms. The van der Waals surface area contributed by atoms with Crippen LogP contribution in [-0.2, 0) is 0 Å². The molecule has 2 heterocycles. The minimum Gasteiger partial charge on any atom is -0.354 e. The average molecular weight is 374 g/mol. The average Bonchev–Trinajstić information content (AvgIpc) is 3.24. The zero-order chi connectivity index (χ0) is 19.4. The van der Waals surface area contributed by atoms with E-state index in [2.05, 4.69) is 45.9 Å². The third-order valence-electron chi connectivity index (χ3n) is 7.26. The van der Waals surface area contributed by atoms with Crippen LogP contribution in [0, 0.1) is 11.3 Å². The molecule has 1 saturated heterocycles. The topological polar surface area (TPSA) is 61.4 Å². The molecule has 0 spiro atoms. The lowest BCUT2D eigenvalue weighted by molar-refractivity contribution is 0.0957. The van der Waals surface area contributed by atoms with Gasteiger partial charge in [0.25, 0.3) is 5.91 Å². The molecule has 1 aliphatic carbocycles. The van der Waals surface area contributed by atoms with Gasteiger partial charge in [-0.15, -0.1) is 0 Å². The Morgan fingerprint density at radius 2 is 1.85 bits per heavy atom. The Labute approximate surface area is 163 Å². The van der Waals surface area contributed by atoms with Crippen molar-refractivity contribution in [2.24, 2.45) is 11.3 Å². The smallest absolute Gasteiger partial charge is 0.271 e. The lowest BCUT2D eigenvalue weighted by Crippen LogP contribution is -2.50. The summed E-state index contributed by atoms with van der Waals surface area (Å²) in [5, 5.41) is 2.58. The molecule has 150 valence electrons. The predicted molar refractivity (Wildman–Crippen MR) is 109 cm³/mol. The van der Waals surface area contributed by atoms with Gasteiger partial charge in [-0.25, -0.2) is 9.97 Å². The maximum atomic E-state index is 11.6. The predicted octanol–water partition coefficient (Wildman–Crippen LogP) is 2.95. The molecule has 1 amide bonds. The van der Waals surface area contributed by atoms with E-state index < -0.39 is 0 Å². The first-order valence-corrected chi connectivity index (χ1v) is 10.5. The van der Waals surface area contributed by atoms with Crippen LogP contribution in [0.2, 0.25) is 0 Å². The van der Waals surface area contributed by atoms with Gasteiger partial charge in [0, 0.05) is 39.3 Å². The van der Waals surface area contributed by atoms with Gasteiger partial charge in [0.15, 0.2) is 0 Å². The summed E-state index contributed by atoms with van der Waals surface area (Å²) in [6.07, 6.45) is 9.96. The van der Waals surface area contributed by atoms with E-state index >= 15 is 0 Å². The molecule has 1 aromatic heterocycles. The Morgan fingerprint density at radius 1 is 1.15 bits per heavy atom. The number of rotatable bonds is 6. The quantitative estimate of drug-likeness (QED) is 0.831. The normalized spacial score (nSPS) is 24.2. The zero-order valence-electron chi connectivity index (χ0n) is 17.4. The zero-order valence-corrected chi connectivity index (χ0v) is 17.4. The van der Waals surface area contributed by atoms with Crippen molar-refractivity contribution in [2.75, 3.05) is 38.1 Å². The largest absolute Gasteiger partial charge is 0.354 e. The number of anilines is 1. The van der Waals surface area contributed by atoms with Crippen molar-refractivity contribution in [2.45, 2.75) is 58.9 Å². The summed E-state index contributed by atoms with van der Waals surface area (Å²) in [4.78, 5) is 25.3. The Hall–Kier alpha value is -1.69. The van der Waals surface area contributed by atoms with Crippen LogP contribution >= 0.6 is 0 Å². The maximum absolute atomic E-state index is 11.6. The highest BCUT2D eigenvalue weighted by Gasteiger charge is 2.39. The number of aromatic nitrogens is 2. The fourth-order valence-corrected chi connectivity index (χ4v) is 4.80. The van der Waals surface area contributed by atoms with Crippen LogP contribution in [0.5, 0.6) is 0 Å². The van der Waals surface area contributed by atoms with Gasteiger partial charge >= 0.3 is 0 Å². The minimum atomic E-state index is -0.194. The van der Waals surface area contributed by atoms with Crippen LogP contribution in [0.25, 0.3) is 0 Å². The minimum absolute atomic E-state index is 0.194. The van der Waals surface area contributed by atoms with Crippen LogP contribution in [0.1, 0.15) is 63.4 Å². The number of hydrogen-bond acceptors (Lipinski definition) is 5. The van der Waals surface area contributed by atoms with Crippen molar-refractivity contribution in [3.63, 3.8) is 0 Å². The van der Waals surface area contributed by atoms with Gasteiger partial charge in [-0.2, -0.15) is 0 Å². The molecular formula is C21H35N5O. The van der Waals surface area contributed by atoms with Crippen molar-refractivity contribution in [3.8, 4) is 0 Å². The second kappa shape index (κ2) is 8.55. The third kappa shape index (κ3) is 4.26. The van der Waals surface area contributed by atoms with Crippen molar-refractivity contribution >= 4 is 11.7 Å². The Morgan fingerprint density at radius 3 is 2.41 bits per heavy atom. The summed E-state index contributed by atoms with van der Waals surface area (Å²) in [7, 11) is 1.61. The Balaban J connectivity index is 1.53. The first-order valence-electron chi connectivity index (χ1n) is 10.5. The van der Waals surface area contributed by atoms with E-state index in [9.17, 15) is 4.79 Å². The maximum Gasteiger partial charge on any atom is 0.271 e. The Kier molecular flexibility index (Phi) is 6.35. The molecule has 2 aliphatic rings. The van der Waals surface area contributed by atoms with Gasteiger partial charge in [0.05, 0.1) is 12.4 Å². The second-order valence-electron chi connectivity index (χ2n) is 8.39. The van der Waals surface area contributed by atoms with E-state index in [4.69, 9.17) is 0 Å². The monoisotopic (exact) mass is 373 g/mol. The van der Waals surface area contributed by atoms with E-state index in [1.807, 2.05) is 0 Å². The highest BCUT2D eigenvalue weighted by molar-refractivity contribution is 5.91. The number of piperazine rings is 1. The van der Waals surface area contributed by atoms with Crippen molar-refractivity contribution in [1.29, 1.82) is 0 Å². The number of nitrogens with zero attached hydrogens (tertiary/aromatic N) is 4. The van der Waals surface area contributed by atoms with E-state index in [0.29, 0.717) is 11.1 Å². The highest BCUT2D eigenvalue weighted by Crippen LogP contribution is 2.45. The standard InChI is InChI=1S/C21H35N5O/c1-5-21(3,6-2)16-7-8-17(13-16)25-9-11-26(12-10-25)19-15-23-18(14-24-19)20(27)22-4/h14-17H,5-13H2,1-4H3,(H,22,27). The number of carbonyl (C=O) groups excluding carboxylic acids is 1. The molecule has 1 aromatic rings. The number of carbonyl (C=O) groups is 1. The molecule has 0 radical (unpaired) electrons. The Bertz CT molecular complexity index is 620. The van der Waals surface area contributed by atoms with E-state index in [-0.39, 0.29) is 5.91 Å². The van der Waals surface area contributed by atoms with Gasteiger partial charge in [-0.3, -0.25) is 9.69 Å². The van der Waals surface area contributed by atoms with Crippen LogP contribution in [0.15, 0.2) is 12.4 Å². The molecule has 0 aromatic carbocycles. The van der Waals surface area contributed by atoms with Crippen LogP contribution in [-0.4, -0.2) is 60.0 Å². The number of hydrogen-bond donors (Lipinski definition) is 1. The lowest BCUT2D eigenvalue weighted by Gasteiger charge is -2.39. The van der Waals surface area contributed by atoms with Crippen molar-refractivity contribution in [1.82, 2.24) is 20.2 Å². The molecule has 1 N–H and O–H groups in total. The van der Waals surface area contributed by atoms with Crippen molar-refractivity contribution in [3.05, 3.63) is 18.1 Å². The van der Waals surface area contributed by atoms with E-state index in [1.54, 1.807) is 19.4 Å². The number of amides is 1. The molecule has 1 aliphatic heterocycles. The van der Waals surface area contributed by atoms with Gasteiger partial charge in [-0.1, -0.05) is 33.6 Å². The molecule has 6 heteroatoms. The van der Waals surface area contributed by atoms with Gasteiger partial charge in [0.2, 0.25) is 0 Å². The number of nitrogens with one attached hydrogen (secondary N) is 1. The first-order chi connectivity index (χ1) is 13.0. The summed E-state index contributed by atoms with van der Waals surface area (Å²) in [5.41, 5.74) is 0.880. The molecule has 2 atom stereocenters. The molecular weight excluding hydrogens is 338 g/mol. The fourth-order valence-electron chi connectivity index (χ4n) is 4.80. The summed E-state index contributed by atoms with van der Waals surface area (Å²) < 4.78 is 0. The lowest BCUT2D eigenvalue weighted by atomic mass is 9.72. The van der Waals surface area contributed by atoms with Crippen molar-refractivity contribution < 1.29 is 4.79 Å². The van der Waals surface area contributed by atoms with E-state index in [0.717, 1.165) is 44.0 Å². The fraction of sp³-hybridized carbons (Fsp3) is 0.762. The molecule has 3 rings (SSSR count). The highest BCUT2D eigenvalue weighted by atomic mass is 16.1. The summed E-state index contributed by atoms with van der Waals surface area (Å²) >= 11 is 0. The van der Waals surface area contributed by atoms with E-state index in [1.165, 1.54) is 32.1 Å². The molecule has 6 nitrogen and oxygen atoms in total. The van der Waals surface area contributed by atoms with Crippen LogP contribution in [0.3, 0.4) is 0 Å². The summed E-state index contributed by atoms with van der Waals surface area (Å²) in [6, 6.07) is 0.747. The molecule has 27 heavy (non-hydrogen) atoms. The molecule has 1 saturated carbocycles. The SMILES string of the molecule is CCC(C)(CC)C1CCC(N2CCN(c3cnc(C(=O)NC)cn3)CC2)C1.